The molecule has 0 aromatic carbocycles. The van der Waals surface area contributed by atoms with Gasteiger partial charge < -0.3 is 4.90 Å². The summed E-state index contributed by atoms with van der Waals surface area (Å²) in [4.78, 5) is 6.17. The molecule has 0 aliphatic carbocycles. The predicted molar refractivity (Wildman–Crippen MR) is 62.6 cm³/mol. The number of pyridine rings is 1. The van der Waals surface area contributed by atoms with E-state index < -0.39 is 0 Å². The zero-order valence-corrected chi connectivity index (χ0v) is 10.1. The van der Waals surface area contributed by atoms with Gasteiger partial charge in [0.15, 0.2) is 0 Å². The number of alkyl halides is 1. The van der Waals surface area contributed by atoms with Crippen molar-refractivity contribution in [2.75, 3.05) is 17.8 Å². The number of aromatic nitrogens is 1. The van der Waals surface area contributed by atoms with Crippen molar-refractivity contribution in [3.63, 3.8) is 0 Å². The lowest BCUT2D eigenvalue weighted by atomic mass is 10.2. The second kappa shape index (κ2) is 4.85. The van der Waals surface area contributed by atoms with Crippen molar-refractivity contribution in [3.05, 3.63) is 23.0 Å². The van der Waals surface area contributed by atoms with Gasteiger partial charge in [0.05, 0.1) is 16.4 Å². The molecule has 1 aromatic heterocycles. The van der Waals surface area contributed by atoms with E-state index in [2.05, 4.69) is 16.8 Å². The molecule has 0 spiro atoms. The van der Waals surface area contributed by atoms with Crippen LogP contribution in [0.3, 0.4) is 0 Å². The van der Waals surface area contributed by atoms with Crippen LogP contribution in [0.2, 0.25) is 5.02 Å². The molecule has 1 rings (SSSR count). The summed E-state index contributed by atoms with van der Waals surface area (Å²) >= 11 is 11.9. The lowest BCUT2D eigenvalue weighted by molar-refractivity contribution is 0.760. The molecule has 1 unspecified atom stereocenters. The topological polar surface area (TPSA) is 16.1 Å². The summed E-state index contributed by atoms with van der Waals surface area (Å²) in [7, 11) is 1.98. The summed E-state index contributed by atoms with van der Waals surface area (Å²) in [5, 5.41) is 0.701. The van der Waals surface area contributed by atoms with Gasteiger partial charge in [-0.25, -0.2) is 0 Å². The SMILES string of the molecule is Cc1nccc(N(C)C(C)CCl)c1Cl. The molecule has 0 amide bonds. The number of nitrogens with zero attached hydrogens (tertiary/aromatic N) is 2. The van der Waals surface area contributed by atoms with E-state index in [1.165, 1.54) is 0 Å². The Bertz CT molecular complexity index is 315. The van der Waals surface area contributed by atoms with Crippen molar-refractivity contribution in [2.24, 2.45) is 0 Å². The maximum absolute atomic E-state index is 6.14. The molecule has 2 nitrogen and oxygen atoms in total. The molecular weight excluding hydrogens is 219 g/mol. The molecule has 0 saturated heterocycles. The minimum Gasteiger partial charge on any atom is -0.369 e. The maximum Gasteiger partial charge on any atom is 0.0851 e. The molecule has 1 atom stereocenters. The quantitative estimate of drug-likeness (QED) is 0.745. The lowest BCUT2D eigenvalue weighted by Crippen LogP contribution is -2.30. The molecule has 0 N–H and O–H groups in total. The smallest absolute Gasteiger partial charge is 0.0851 e. The summed E-state index contributed by atoms with van der Waals surface area (Å²) < 4.78 is 0. The van der Waals surface area contributed by atoms with Gasteiger partial charge in [0, 0.05) is 25.2 Å². The first kappa shape index (κ1) is 11.6. The lowest BCUT2D eigenvalue weighted by Gasteiger charge is -2.26. The Morgan fingerprint density at radius 3 is 2.79 bits per heavy atom. The van der Waals surface area contributed by atoms with Crippen LogP contribution in [0.25, 0.3) is 0 Å². The van der Waals surface area contributed by atoms with E-state index in [0.29, 0.717) is 10.9 Å². The molecule has 1 heterocycles. The average Bonchev–Trinajstić information content (AvgIpc) is 2.20. The summed E-state index contributed by atoms with van der Waals surface area (Å²) in [6.45, 7) is 3.95. The van der Waals surface area contributed by atoms with E-state index in [0.717, 1.165) is 11.4 Å². The monoisotopic (exact) mass is 232 g/mol. The highest BCUT2D eigenvalue weighted by atomic mass is 35.5. The van der Waals surface area contributed by atoms with Gasteiger partial charge in [0.2, 0.25) is 0 Å². The molecule has 0 radical (unpaired) electrons. The first-order valence-electron chi connectivity index (χ1n) is 4.47. The zero-order chi connectivity index (χ0) is 10.7. The normalized spacial score (nSPS) is 12.6. The van der Waals surface area contributed by atoms with Crippen LogP contribution in [0, 0.1) is 6.92 Å². The van der Waals surface area contributed by atoms with Crippen molar-refractivity contribution >= 4 is 28.9 Å². The Morgan fingerprint density at radius 2 is 2.21 bits per heavy atom. The number of hydrogen-bond donors (Lipinski definition) is 0. The largest absolute Gasteiger partial charge is 0.369 e. The Balaban J connectivity index is 3.01. The fourth-order valence-electron chi connectivity index (χ4n) is 1.15. The van der Waals surface area contributed by atoms with E-state index in [9.17, 15) is 0 Å². The fraction of sp³-hybridized carbons (Fsp3) is 0.500. The molecule has 0 aliphatic heterocycles. The molecule has 1 aromatic rings. The standard InChI is InChI=1S/C10H14Cl2N2/c1-7(6-11)14(3)9-4-5-13-8(2)10(9)12/h4-5,7H,6H2,1-3H3. The Kier molecular flexibility index (Phi) is 4.02. The maximum atomic E-state index is 6.14. The van der Waals surface area contributed by atoms with Crippen LogP contribution < -0.4 is 4.90 Å². The Hall–Kier alpha value is -0.470. The molecular formula is C10H14Cl2N2. The molecule has 0 bridgehead atoms. The van der Waals surface area contributed by atoms with Crippen LogP contribution in [0.4, 0.5) is 5.69 Å². The van der Waals surface area contributed by atoms with E-state index >= 15 is 0 Å². The van der Waals surface area contributed by atoms with Crippen molar-refractivity contribution in [1.82, 2.24) is 4.98 Å². The average molecular weight is 233 g/mol. The summed E-state index contributed by atoms with van der Waals surface area (Å²) in [5.41, 5.74) is 1.82. The molecule has 0 aliphatic rings. The van der Waals surface area contributed by atoms with Gasteiger partial charge >= 0.3 is 0 Å². The Morgan fingerprint density at radius 1 is 1.57 bits per heavy atom. The first-order chi connectivity index (χ1) is 6.57. The van der Waals surface area contributed by atoms with Gasteiger partial charge in [-0.05, 0) is 19.9 Å². The third-order valence-corrected chi connectivity index (χ3v) is 3.22. The minimum absolute atomic E-state index is 0.260. The van der Waals surface area contributed by atoms with Crippen LogP contribution in [0.5, 0.6) is 0 Å². The summed E-state index contributed by atoms with van der Waals surface area (Å²) in [5.74, 6) is 0.578. The third kappa shape index (κ3) is 2.31. The fourth-order valence-corrected chi connectivity index (χ4v) is 1.60. The molecule has 4 heteroatoms. The Labute approximate surface area is 94.8 Å². The van der Waals surface area contributed by atoms with Crippen LogP contribution in [-0.2, 0) is 0 Å². The van der Waals surface area contributed by atoms with Gasteiger partial charge in [-0.3, -0.25) is 4.98 Å². The van der Waals surface area contributed by atoms with Crippen molar-refractivity contribution in [1.29, 1.82) is 0 Å². The van der Waals surface area contributed by atoms with E-state index in [1.807, 2.05) is 20.0 Å². The predicted octanol–water partition coefficient (Wildman–Crippen LogP) is 3.11. The number of halogens is 2. The highest BCUT2D eigenvalue weighted by Crippen LogP contribution is 2.27. The highest BCUT2D eigenvalue weighted by molar-refractivity contribution is 6.33. The third-order valence-electron chi connectivity index (χ3n) is 2.31. The van der Waals surface area contributed by atoms with Gasteiger partial charge in [0.1, 0.15) is 0 Å². The summed E-state index contributed by atoms with van der Waals surface area (Å²) in [6, 6.07) is 2.16. The zero-order valence-electron chi connectivity index (χ0n) is 8.59. The van der Waals surface area contributed by atoms with Gasteiger partial charge in [-0.2, -0.15) is 0 Å². The van der Waals surface area contributed by atoms with Crippen molar-refractivity contribution in [2.45, 2.75) is 19.9 Å². The second-order valence-electron chi connectivity index (χ2n) is 3.34. The van der Waals surface area contributed by atoms with Crippen LogP contribution in [0.1, 0.15) is 12.6 Å². The molecule has 78 valence electrons. The second-order valence-corrected chi connectivity index (χ2v) is 4.03. The molecule has 0 saturated carbocycles. The number of anilines is 1. The van der Waals surface area contributed by atoms with Crippen LogP contribution >= 0.6 is 23.2 Å². The van der Waals surface area contributed by atoms with Crippen LogP contribution in [0.15, 0.2) is 12.3 Å². The van der Waals surface area contributed by atoms with Gasteiger partial charge in [-0.1, -0.05) is 11.6 Å². The van der Waals surface area contributed by atoms with Crippen LogP contribution in [-0.4, -0.2) is 24.0 Å². The van der Waals surface area contributed by atoms with E-state index in [-0.39, 0.29) is 6.04 Å². The minimum atomic E-state index is 0.260. The first-order valence-corrected chi connectivity index (χ1v) is 5.39. The molecule has 14 heavy (non-hydrogen) atoms. The number of rotatable bonds is 3. The van der Waals surface area contributed by atoms with Gasteiger partial charge in [-0.15, -0.1) is 11.6 Å². The van der Waals surface area contributed by atoms with Crippen molar-refractivity contribution < 1.29 is 0 Å². The van der Waals surface area contributed by atoms with Gasteiger partial charge in [0.25, 0.3) is 0 Å². The van der Waals surface area contributed by atoms with Crippen molar-refractivity contribution in [3.8, 4) is 0 Å². The highest BCUT2D eigenvalue weighted by Gasteiger charge is 2.13. The summed E-state index contributed by atoms with van der Waals surface area (Å²) in [6.07, 6.45) is 1.76. The van der Waals surface area contributed by atoms with E-state index in [1.54, 1.807) is 6.20 Å². The number of hydrogen-bond acceptors (Lipinski definition) is 2. The molecule has 0 fully saturated rings. The van der Waals surface area contributed by atoms with E-state index in [4.69, 9.17) is 23.2 Å². The number of aryl methyl sites for hydroxylation is 1.